The molecule has 0 fully saturated rings. The molecule has 3 aromatic rings. The van der Waals surface area contributed by atoms with Gasteiger partial charge in [-0.05, 0) is 79.9 Å². The van der Waals surface area contributed by atoms with Crippen LogP contribution in [0, 0.1) is 6.92 Å². The Morgan fingerprint density at radius 3 is 2.27 bits per heavy atom. The van der Waals surface area contributed by atoms with Crippen molar-refractivity contribution in [2.45, 2.75) is 51.1 Å². The minimum absolute atomic E-state index is 0.0146. The fraction of sp³-hybridized carbons (Fsp3) is 0.310. The zero-order chi connectivity index (χ0) is 29.4. The van der Waals surface area contributed by atoms with Crippen molar-refractivity contribution in [1.82, 2.24) is 10.2 Å². The van der Waals surface area contributed by atoms with Crippen molar-refractivity contribution in [1.29, 1.82) is 0 Å². The summed E-state index contributed by atoms with van der Waals surface area (Å²) in [5.74, 6) is -0.909. The average Bonchev–Trinajstić information content (AvgIpc) is 2.92. The van der Waals surface area contributed by atoms with Crippen LogP contribution in [0.4, 0.5) is 5.69 Å². The maximum absolute atomic E-state index is 13.9. The number of hydrogen-bond acceptors (Lipinski definition) is 4. The standard InChI is InChI=1S/C29H32Cl3N3O4S/c1-4-5-15-33-29(37)21(3)34(18-22-9-14-26(31)27(32)17-22)28(36)19-35(24-8-6-7-20(2)16-24)40(38,39)25-12-10-23(30)11-13-25/h6-14,16-17,21H,4-5,15,18-19H2,1-3H3,(H,33,37)/t21-/m1/s1. The normalized spacial score (nSPS) is 12.1. The summed E-state index contributed by atoms with van der Waals surface area (Å²) in [6.07, 6.45) is 1.69. The number of carbonyl (C=O) groups excluding carboxylic acids is 2. The van der Waals surface area contributed by atoms with E-state index in [0.717, 1.165) is 22.7 Å². The Morgan fingerprint density at radius 2 is 1.65 bits per heavy atom. The molecule has 214 valence electrons. The highest BCUT2D eigenvalue weighted by molar-refractivity contribution is 7.92. The molecule has 0 aromatic heterocycles. The number of anilines is 1. The van der Waals surface area contributed by atoms with E-state index in [4.69, 9.17) is 34.8 Å². The molecule has 0 aliphatic heterocycles. The van der Waals surface area contributed by atoms with E-state index in [0.29, 0.717) is 32.9 Å². The molecule has 2 amide bonds. The molecule has 1 atom stereocenters. The summed E-state index contributed by atoms with van der Waals surface area (Å²) in [6, 6.07) is 16.6. The number of nitrogens with one attached hydrogen (secondary N) is 1. The lowest BCUT2D eigenvalue weighted by Gasteiger charge is -2.32. The van der Waals surface area contributed by atoms with E-state index < -0.39 is 28.5 Å². The van der Waals surface area contributed by atoms with Gasteiger partial charge in [-0.25, -0.2) is 8.42 Å². The Labute approximate surface area is 251 Å². The summed E-state index contributed by atoms with van der Waals surface area (Å²) in [7, 11) is -4.18. The second kappa shape index (κ2) is 14.2. The van der Waals surface area contributed by atoms with E-state index in [1.807, 2.05) is 19.9 Å². The lowest BCUT2D eigenvalue weighted by molar-refractivity contribution is -0.139. The maximum atomic E-state index is 13.9. The highest BCUT2D eigenvalue weighted by Crippen LogP contribution is 2.27. The highest BCUT2D eigenvalue weighted by Gasteiger charge is 2.32. The van der Waals surface area contributed by atoms with Gasteiger partial charge >= 0.3 is 0 Å². The minimum atomic E-state index is -4.18. The summed E-state index contributed by atoms with van der Waals surface area (Å²) in [4.78, 5) is 28.3. The average molecular weight is 625 g/mol. The van der Waals surface area contributed by atoms with Crippen molar-refractivity contribution in [3.05, 3.63) is 92.9 Å². The predicted octanol–water partition coefficient (Wildman–Crippen LogP) is 6.48. The smallest absolute Gasteiger partial charge is 0.264 e. The van der Waals surface area contributed by atoms with Gasteiger partial charge in [0, 0.05) is 18.1 Å². The lowest BCUT2D eigenvalue weighted by Crippen LogP contribution is -2.51. The Morgan fingerprint density at radius 1 is 0.950 bits per heavy atom. The van der Waals surface area contributed by atoms with Gasteiger partial charge in [0.15, 0.2) is 0 Å². The second-order valence-corrected chi connectivity index (χ2v) is 12.5. The fourth-order valence-electron chi connectivity index (χ4n) is 4.00. The van der Waals surface area contributed by atoms with Gasteiger partial charge in [0.05, 0.1) is 20.6 Å². The van der Waals surface area contributed by atoms with Crippen molar-refractivity contribution in [2.24, 2.45) is 0 Å². The van der Waals surface area contributed by atoms with Crippen LogP contribution in [0.3, 0.4) is 0 Å². The Balaban J connectivity index is 2.01. The number of unbranched alkanes of at least 4 members (excludes halogenated alkanes) is 1. The molecule has 11 heteroatoms. The monoisotopic (exact) mass is 623 g/mol. The molecule has 40 heavy (non-hydrogen) atoms. The SMILES string of the molecule is CCCCNC(=O)[C@@H](C)N(Cc1ccc(Cl)c(Cl)c1)C(=O)CN(c1cccc(C)c1)S(=O)(=O)c1ccc(Cl)cc1. The maximum Gasteiger partial charge on any atom is 0.264 e. The van der Waals surface area contributed by atoms with E-state index >= 15 is 0 Å². The quantitative estimate of drug-likeness (QED) is 0.234. The first-order chi connectivity index (χ1) is 18.9. The van der Waals surface area contributed by atoms with E-state index in [1.54, 1.807) is 43.3 Å². The molecule has 0 aliphatic rings. The van der Waals surface area contributed by atoms with E-state index in [1.165, 1.54) is 29.2 Å². The number of rotatable bonds is 12. The largest absolute Gasteiger partial charge is 0.354 e. The molecule has 7 nitrogen and oxygen atoms in total. The molecule has 1 N–H and O–H groups in total. The number of aryl methyl sites for hydroxylation is 1. The first kappa shape index (κ1) is 31.7. The molecular formula is C29H32Cl3N3O4S. The molecule has 3 rings (SSSR count). The van der Waals surface area contributed by atoms with Gasteiger partial charge < -0.3 is 10.2 Å². The minimum Gasteiger partial charge on any atom is -0.354 e. The second-order valence-electron chi connectivity index (χ2n) is 9.40. The third-order valence-corrected chi connectivity index (χ3v) is 9.08. The lowest BCUT2D eigenvalue weighted by atomic mass is 10.1. The van der Waals surface area contributed by atoms with Crippen LogP contribution >= 0.6 is 34.8 Å². The van der Waals surface area contributed by atoms with E-state index in [2.05, 4.69) is 5.32 Å². The number of halogens is 3. The van der Waals surface area contributed by atoms with Crippen molar-refractivity contribution in [2.75, 3.05) is 17.4 Å². The molecule has 3 aromatic carbocycles. The predicted molar refractivity (Wildman–Crippen MR) is 162 cm³/mol. The molecule has 0 bridgehead atoms. The summed E-state index contributed by atoms with van der Waals surface area (Å²) in [5.41, 5.74) is 1.77. The van der Waals surface area contributed by atoms with Crippen LogP contribution in [0.2, 0.25) is 15.1 Å². The van der Waals surface area contributed by atoms with Crippen LogP contribution in [0.15, 0.2) is 71.6 Å². The number of sulfonamides is 1. The summed E-state index contributed by atoms with van der Waals surface area (Å²) < 4.78 is 28.7. The van der Waals surface area contributed by atoms with Gasteiger partial charge in [-0.3, -0.25) is 13.9 Å². The zero-order valence-corrected chi connectivity index (χ0v) is 25.6. The molecule has 0 heterocycles. The molecule has 0 unspecified atom stereocenters. The molecule has 0 saturated carbocycles. The van der Waals surface area contributed by atoms with Crippen LogP contribution in [0.25, 0.3) is 0 Å². The Hall–Kier alpha value is -2.78. The molecule has 0 aliphatic carbocycles. The van der Waals surface area contributed by atoms with Crippen LogP contribution < -0.4 is 9.62 Å². The number of amides is 2. The van der Waals surface area contributed by atoms with E-state index in [-0.39, 0.29) is 17.3 Å². The van der Waals surface area contributed by atoms with Gasteiger partial charge in [0.25, 0.3) is 10.0 Å². The van der Waals surface area contributed by atoms with Gasteiger partial charge in [-0.2, -0.15) is 0 Å². The summed E-state index contributed by atoms with van der Waals surface area (Å²) in [6.45, 7) is 5.40. The van der Waals surface area contributed by atoms with Gasteiger partial charge in [0.1, 0.15) is 12.6 Å². The third kappa shape index (κ3) is 8.13. The van der Waals surface area contributed by atoms with Crippen LogP contribution in [0.5, 0.6) is 0 Å². The summed E-state index contributed by atoms with van der Waals surface area (Å²) in [5, 5.41) is 3.90. The molecule has 0 radical (unpaired) electrons. The topological polar surface area (TPSA) is 86.8 Å². The highest BCUT2D eigenvalue weighted by atomic mass is 35.5. The summed E-state index contributed by atoms with van der Waals surface area (Å²) >= 11 is 18.3. The number of benzene rings is 3. The van der Waals surface area contributed by atoms with Gasteiger partial charge in [0.2, 0.25) is 11.8 Å². The molecule has 0 spiro atoms. The number of nitrogens with zero attached hydrogens (tertiary/aromatic N) is 2. The fourth-order valence-corrected chi connectivity index (χ4v) is 5.85. The Kier molecular flexibility index (Phi) is 11.3. The van der Waals surface area contributed by atoms with Crippen molar-refractivity contribution in [3.8, 4) is 0 Å². The van der Waals surface area contributed by atoms with Gasteiger partial charge in [-0.15, -0.1) is 0 Å². The number of carbonyl (C=O) groups is 2. The zero-order valence-electron chi connectivity index (χ0n) is 22.5. The van der Waals surface area contributed by atoms with Crippen molar-refractivity contribution in [3.63, 3.8) is 0 Å². The molecular weight excluding hydrogens is 593 g/mol. The van der Waals surface area contributed by atoms with E-state index in [9.17, 15) is 18.0 Å². The van der Waals surface area contributed by atoms with Crippen LogP contribution in [0.1, 0.15) is 37.8 Å². The Bertz CT molecular complexity index is 1450. The third-order valence-electron chi connectivity index (χ3n) is 6.30. The number of hydrogen-bond donors (Lipinski definition) is 1. The van der Waals surface area contributed by atoms with Crippen LogP contribution in [-0.4, -0.2) is 44.3 Å². The molecule has 0 saturated heterocycles. The van der Waals surface area contributed by atoms with Crippen LogP contribution in [-0.2, 0) is 26.2 Å². The van der Waals surface area contributed by atoms with Crippen molar-refractivity contribution >= 4 is 62.3 Å². The first-order valence-electron chi connectivity index (χ1n) is 12.8. The van der Waals surface area contributed by atoms with Crippen molar-refractivity contribution < 1.29 is 18.0 Å². The first-order valence-corrected chi connectivity index (χ1v) is 15.4. The van der Waals surface area contributed by atoms with Gasteiger partial charge in [-0.1, -0.05) is 66.3 Å².